The quantitative estimate of drug-likeness (QED) is 0.447. The largest absolute Gasteiger partial charge is 0.421 e. The molecule has 0 heterocycles. The second-order valence-electron chi connectivity index (χ2n) is 6.83. The minimum absolute atomic E-state index is 0.000527. The van der Waals surface area contributed by atoms with Crippen molar-refractivity contribution in [3.05, 3.63) is 64.2 Å². The smallest absolute Gasteiger partial charge is 0.346 e. The summed E-state index contributed by atoms with van der Waals surface area (Å²) in [6.07, 6.45) is 5.61. The highest BCUT2D eigenvalue weighted by Gasteiger charge is 2.23. The van der Waals surface area contributed by atoms with Crippen molar-refractivity contribution in [2.75, 3.05) is 0 Å². The summed E-state index contributed by atoms with van der Waals surface area (Å²) in [5, 5.41) is -0.0388. The Morgan fingerprint density at radius 3 is 2.46 bits per heavy atom. The van der Waals surface area contributed by atoms with Gasteiger partial charge in [0, 0.05) is 0 Å². The van der Waals surface area contributed by atoms with Crippen LogP contribution < -0.4 is 4.74 Å². The Morgan fingerprint density at radius 1 is 1.12 bits per heavy atom. The lowest BCUT2D eigenvalue weighted by molar-refractivity contribution is 0.0729. The molecule has 0 spiro atoms. The molecule has 0 bridgehead atoms. The summed E-state index contributed by atoms with van der Waals surface area (Å²) in [5.41, 5.74) is 0.768. The second-order valence-corrected chi connectivity index (χ2v) is 7.24. The Hall–Kier alpha value is -1.94. The van der Waals surface area contributed by atoms with Crippen LogP contribution in [-0.2, 0) is 0 Å². The van der Waals surface area contributed by atoms with Crippen LogP contribution in [0.25, 0.3) is 0 Å². The zero-order valence-electron chi connectivity index (χ0n) is 14.6. The van der Waals surface area contributed by atoms with Gasteiger partial charge in [-0.2, -0.15) is 0 Å². The van der Waals surface area contributed by atoms with Crippen molar-refractivity contribution in [3.8, 4) is 5.75 Å². The summed E-state index contributed by atoms with van der Waals surface area (Å²) in [7, 11) is 0. The van der Waals surface area contributed by atoms with E-state index in [0.717, 1.165) is 49.3 Å². The molecule has 0 N–H and O–H groups in total. The van der Waals surface area contributed by atoms with Gasteiger partial charge in [-0.3, -0.25) is 0 Å². The van der Waals surface area contributed by atoms with Crippen molar-refractivity contribution in [3.63, 3.8) is 0 Å². The first-order chi connectivity index (χ1) is 12.5. The molecule has 1 saturated carbocycles. The predicted molar refractivity (Wildman–Crippen MR) is 97.8 cm³/mol. The second kappa shape index (κ2) is 8.17. The van der Waals surface area contributed by atoms with Gasteiger partial charge in [0.05, 0.1) is 10.6 Å². The number of ether oxygens (including phenoxy) is 1. The van der Waals surface area contributed by atoms with E-state index in [4.69, 9.17) is 16.3 Å². The first kappa shape index (κ1) is 18.8. The molecule has 1 aliphatic rings. The van der Waals surface area contributed by atoms with E-state index in [1.54, 1.807) is 6.07 Å². The van der Waals surface area contributed by atoms with Crippen LogP contribution in [0.15, 0.2) is 36.4 Å². The van der Waals surface area contributed by atoms with E-state index in [2.05, 4.69) is 6.92 Å². The van der Waals surface area contributed by atoms with Crippen molar-refractivity contribution in [1.82, 2.24) is 0 Å². The average Bonchev–Trinajstić information content (AvgIpc) is 2.64. The standard InChI is InChI=1S/C21H21ClF2O2/c1-2-13-3-5-14(6-4-13)15-7-9-17(19(24)11-15)21(25)26-20-10-8-16(23)12-18(20)22/h7-14H,2-6H2,1H3. The van der Waals surface area contributed by atoms with E-state index < -0.39 is 17.6 Å². The number of esters is 1. The number of benzene rings is 2. The molecule has 0 radical (unpaired) electrons. The molecule has 2 aromatic rings. The van der Waals surface area contributed by atoms with E-state index in [-0.39, 0.29) is 16.3 Å². The van der Waals surface area contributed by atoms with Gasteiger partial charge >= 0.3 is 5.97 Å². The number of carbonyl (C=O) groups is 1. The number of halogens is 3. The molecule has 0 saturated heterocycles. The highest BCUT2D eigenvalue weighted by Crippen LogP contribution is 2.37. The van der Waals surface area contributed by atoms with Gasteiger partial charge in [0.15, 0.2) is 0 Å². The van der Waals surface area contributed by atoms with E-state index in [1.165, 1.54) is 24.6 Å². The van der Waals surface area contributed by atoms with E-state index in [9.17, 15) is 13.6 Å². The summed E-state index contributed by atoms with van der Waals surface area (Å²) in [5.74, 6) is -0.891. The van der Waals surface area contributed by atoms with E-state index in [1.807, 2.05) is 0 Å². The molecule has 5 heteroatoms. The molecule has 1 aliphatic carbocycles. The predicted octanol–water partition coefficient (Wildman–Crippen LogP) is 6.52. The SMILES string of the molecule is CCC1CCC(c2ccc(C(=O)Oc3ccc(F)cc3Cl)c(F)c2)CC1. The van der Waals surface area contributed by atoms with Crippen LogP contribution >= 0.6 is 11.6 Å². The summed E-state index contributed by atoms with van der Waals surface area (Å²) >= 11 is 5.84. The Bertz CT molecular complexity index is 799. The van der Waals surface area contributed by atoms with Gasteiger partial charge < -0.3 is 4.74 Å². The fraction of sp³-hybridized carbons (Fsp3) is 0.381. The molecule has 0 aromatic heterocycles. The molecule has 2 nitrogen and oxygen atoms in total. The van der Waals surface area contributed by atoms with Gasteiger partial charge in [0.1, 0.15) is 17.4 Å². The van der Waals surface area contributed by atoms with Crippen molar-refractivity contribution in [1.29, 1.82) is 0 Å². The molecule has 26 heavy (non-hydrogen) atoms. The third-order valence-corrected chi connectivity index (χ3v) is 5.50. The van der Waals surface area contributed by atoms with Gasteiger partial charge in [-0.05, 0) is 73.4 Å². The average molecular weight is 379 g/mol. The summed E-state index contributed by atoms with van der Waals surface area (Å²) in [6, 6.07) is 8.09. The summed E-state index contributed by atoms with van der Waals surface area (Å²) in [6.45, 7) is 2.21. The number of rotatable bonds is 4. The van der Waals surface area contributed by atoms with Gasteiger partial charge in [-0.1, -0.05) is 31.0 Å². The van der Waals surface area contributed by atoms with Crippen molar-refractivity contribution < 1.29 is 18.3 Å². The maximum absolute atomic E-state index is 14.5. The van der Waals surface area contributed by atoms with Crippen LogP contribution in [0.3, 0.4) is 0 Å². The molecule has 2 aromatic carbocycles. The maximum Gasteiger partial charge on any atom is 0.346 e. The normalized spacial score (nSPS) is 20.0. The van der Waals surface area contributed by atoms with Crippen LogP contribution in [0.1, 0.15) is 60.9 Å². The molecule has 3 rings (SSSR count). The van der Waals surface area contributed by atoms with Gasteiger partial charge in [0.25, 0.3) is 0 Å². The number of hydrogen-bond donors (Lipinski definition) is 0. The van der Waals surface area contributed by atoms with Gasteiger partial charge in [0.2, 0.25) is 0 Å². The number of carbonyl (C=O) groups excluding carboxylic acids is 1. The lowest BCUT2D eigenvalue weighted by Gasteiger charge is -2.28. The lowest BCUT2D eigenvalue weighted by atomic mass is 9.78. The Balaban J connectivity index is 1.72. The van der Waals surface area contributed by atoms with Crippen LogP contribution in [0.4, 0.5) is 8.78 Å². The first-order valence-electron chi connectivity index (χ1n) is 8.94. The van der Waals surface area contributed by atoms with Crippen LogP contribution in [0.2, 0.25) is 5.02 Å². The molecule has 1 fully saturated rings. The Morgan fingerprint density at radius 2 is 1.85 bits per heavy atom. The highest BCUT2D eigenvalue weighted by atomic mass is 35.5. The van der Waals surface area contributed by atoms with Gasteiger partial charge in [-0.15, -0.1) is 0 Å². The molecule has 0 aliphatic heterocycles. The van der Waals surface area contributed by atoms with Crippen molar-refractivity contribution in [2.45, 2.75) is 44.9 Å². The molecule has 138 valence electrons. The van der Waals surface area contributed by atoms with Crippen LogP contribution in [-0.4, -0.2) is 5.97 Å². The molecule has 0 unspecified atom stereocenters. The maximum atomic E-state index is 14.5. The molecular weight excluding hydrogens is 358 g/mol. The van der Waals surface area contributed by atoms with Crippen molar-refractivity contribution >= 4 is 17.6 Å². The zero-order valence-corrected chi connectivity index (χ0v) is 15.4. The lowest BCUT2D eigenvalue weighted by Crippen LogP contribution is -2.14. The fourth-order valence-corrected chi connectivity index (χ4v) is 3.77. The van der Waals surface area contributed by atoms with Crippen molar-refractivity contribution in [2.24, 2.45) is 5.92 Å². The third-order valence-electron chi connectivity index (χ3n) is 5.21. The zero-order chi connectivity index (χ0) is 18.7. The third kappa shape index (κ3) is 4.24. The minimum Gasteiger partial charge on any atom is -0.421 e. The van der Waals surface area contributed by atoms with Gasteiger partial charge in [-0.25, -0.2) is 13.6 Å². The monoisotopic (exact) mass is 378 g/mol. The minimum atomic E-state index is -0.850. The van der Waals surface area contributed by atoms with Crippen LogP contribution in [0.5, 0.6) is 5.75 Å². The number of hydrogen-bond acceptors (Lipinski definition) is 2. The summed E-state index contributed by atoms with van der Waals surface area (Å²) in [4.78, 5) is 12.2. The summed E-state index contributed by atoms with van der Waals surface area (Å²) < 4.78 is 32.6. The van der Waals surface area contributed by atoms with E-state index >= 15 is 0 Å². The fourth-order valence-electron chi connectivity index (χ4n) is 3.57. The highest BCUT2D eigenvalue weighted by molar-refractivity contribution is 6.32. The first-order valence-corrected chi connectivity index (χ1v) is 9.32. The Kier molecular flexibility index (Phi) is 5.92. The molecule has 0 amide bonds. The topological polar surface area (TPSA) is 26.3 Å². The van der Waals surface area contributed by atoms with Crippen LogP contribution in [0, 0.1) is 17.6 Å². The Labute approximate surface area is 157 Å². The molecular formula is C21H21ClF2O2. The molecule has 0 atom stereocenters. The van der Waals surface area contributed by atoms with E-state index in [0.29, 0.717) is 5.92 Å².